The maximum absolute atomic E-state index is 10.5. The average Bonchev–Trinajstić information content (AvgIpc) is 2.80. The predicted octanol–water partition coefficient (Wildman–Crippen LogP) is 7.19. The Morgan fingerprint density at radius 3 is 1.85 bits per heavy atom. The zero-order valence-electron chi connectivity index (χ0n) is 20.2. The van der Waals surface area contributed by atoms with Crippen molar-refractivity contribution in [3.05, 3.63) is 95.1 Å². The van der Waals surface area contributed by atoms with Crippen molar-refractivity contribution in [1.29, 1.82) is 0 Å². The van der Waals surface area contributed by atoms with E-state index in [0.29, 0.717) is 13.1 Å². The first-order valence-electron chi connectivity index (χ1n) is 11.6. The highest BCUT2D eigenvalue weighted by atomic mass is 16.3. The van der Waals surface area contributed by atoms with Crippen LogP contribution in [0.2, 0.25) is 0 Å². The lowest BCUT2D eigenvalue weighted by Crippen LogP contribution is -2.15. The third-order valence-corrected chi connectivity index (χ3v) is 6.15. The maximum atomic E-state index is 10.5. The van der Waals surface area contributed by atoms with E-state index in [1.165, 1.54) is 0 Å². The standard InChI is InChI=1S/C30H32N2O2/c1-19-11-13-25(23(17-19)30-22(4)8-6-10-28(30)34)31-15-16-32-26-9-5-7-21(3)29(26)24-18-20(2)12-14-27(24)33/h5-14,17-18,31-34H,15-16H2,1-4H3. The lowest BCUT2D eigenvalue weighted by Gasteiger charge is -2.18. The quantitative estimate of drug-likeness (QED) is 0.224. The fraction of sp³-hybridized carbons (Fsp3) is 0.200. The smallest absolute Gasteiger partial charge is 0.123 e. The number of hydrogen-bond acceptors (Lipinski definition) is 4. The van der Waals surface area contributed by atoms with Gasteiger partial charge in [0.15, 0.2) is 0 Å². The number of aromatic hydroxyl groups is 2. The van der Waals surface area contributed by atoms with Crippen molar-refractivity contribution in [3.8, 4) is 33.8 Å². The van der Waals surface area contributed by atoms with Crippen molar-refractivity contribution < 1.29 is 10.2 Å². The summed E-state index contributed by atoms with van der Waals surface area (Å²) in [5.74, 6) is 0.567. The van der Waals surface area contributed by atoms with Crippen LogP contribution >= 0.6 is 0 Å². The number of aryl methyl sites for hydroxylation is 4. The Kier molecular flexibility index (Phi) is 6.78. The van der Waals surface area contributed by atoms with Gasteiger partial charge >= 0.3 is 0 Å². The molecule has 0 spiro atoms. The van der Waals surface area contributed by atoms with Crippen molar-refractivity contribution in [3.63, 3.8) is 0 Å². The highest BCUT2D eigenvalue weighted by Crippen LogP contribution is 2.39. The van der Waals surface area contributed by atoms with Crippen LogP contribution in [-0.2, 0) is 0 Å². The van der Waals surface area contributed by atoms with Crippen LogP contribution in [0.1, 0.15) is 22.3 Å². The normalized spacial score (nSPS) is 10.8. The van der Waals surface area contributed by atoms with Gasteiger partial charge in [0, 0.05) is 46.7 Å². The summed E-state index contributed by atoms with van der Waals surface area (Å²) in [6.07, 6.45) is 0. The van der Waals surface area contributed by atoms with E-state index in [4.69, 9.17) is 0 Å². The van der Waals surface area contributed by atoms with Gasteiger partial charge in [-0.15, -0.1) is 0 Å². The minimum Gasteiger partial charge on any atom is -0.507 e. The molecule has 4 aromatic carbocycles. The summed E-state index contributed by atoms with van der Waals surface area (Å²) in [5.41, 5.74) is 10.1. The van der Waals surface area contributed by atoms with Crippen LogP contribution < -0.4 is 10.6 Å². The Morgan fingerprint density at radius 2 is 1.15 bits per heavy atom. The minimum absolute atomic E-state index is 0.281. The zero-order valence-corrected chi connectivity index (χ0v) is 20.2. The number of phenolic OH excluding ortho intramolecular Hbond substituents is 2. The molecule has 0 fully saturated rings. The first-order valence-corrected chi connectivity index (χ1v) is 11.6. The lowest BCUT2D eigenvalue weighted by atomic mass is 9.96. The molecule has 4 rings (SSSR count). The van der Waals surface area contributed by atoms with Gasteiger partial charge in [-0.2, -0.15) is 0 Å². The second-order valence-electron chi connectivity index (χ2n) is 8.89. The third kappa shape index (κ3) is 4.86. The molecule has 0 saturated carbocycles. The molecule has 0 atom stereocenters. The molecular formula is C30H32N2O2. The molecule has 4 N–H and O–H groups in total. The van der Waals surface area contributed by atoms with E-state index in [0.717, 1.165) is 55.9 Å². The lowest BCUT2D eigenvalue weighted by molar-refractivity contribution is 0.476. The Morgan fingerprint density at radius 1 is 0.559 bits per heavy atom. The predicted molar refractivity (Wildman–Crippen MR) is 143 cm³/mol. The number of anilines is 2. The molecule has 0 radical (unpaired) electrons. The second kappa shape index (κ2) is 9.92. The molecule has 0 aliphatic carbocycles. The maximum Gasteiger partial charge on any atom is 0.123 e. The molecule has 34 heavy (non-hydrogen) atoms. The highest BCUT2D eigenvalue weighted by Gasteiger charge is 2.14. The van der Waals surface area contributed by atoms with E-state index in [1.807, 2.05) is 50.2 Å². The summed E-state index contributed by atoms with van der Waals surface area (Å²) in [5, 5.41) is 28.1. The minimum atomic E-state index is 0.281. The van der Waals surface area contributed by atoms with Crippen LogP contribution in [0.4, 0.5) is 11.4 Å². The van der Waals surface area contributed by atoms with Gasteiger partial charge in [-0.3, -0.25) is 0 Å². The van der Waals surface area contributed by atoms with E-state index in [-0.39, 0.29) is 11.5 Å². The number of phenols is 2. The van der Waals surface area contributed by atoms with Crippen LogP contribution in [0.5, 0.6) is 11.5 Å². The molecule has 4 heteroatoms. The van der Waals surface area contributed by atoms with Crippen molar-refractivity contribution in [1.82, 2.24) is 0 Å². The summed E-state index contributed by atoms with van der Waals surface area (Å²) in [6.45, 7) is 9.55. The molecule has 0 amide bonds. The fourth-order valence-electron chi connectivity index (χ4n) is 4.44. The first-order chi connectivity index (χ1) is 16.3. The number of hydrogen-bond donors (Lipinski definition) is 4. The molecule has 0 aliphatic rings. The number of nitrogens with one attached hydrogen (secondary N) is 2. The van der Waals surface area contributed by atoms with Crippen LogP contribution in [0.25, 0.3) is 22.3 Å². The second-order valence-corrected chi connectivity index (χ2v) is 8.89. The Bertz CT molecular complexity index is 1310. The Balaban J connectivity index is 1.54. The van der Waals surface area contributed by atoms with Crippen LogP contribution in [-0.4, -0.2) is 23.3 Å². The largest absolute Gasteiger partial charge is 0.507 e. The van der Waals surface area contributed by atoms with Gasteiger partial charge in [0.25, 0.3) is 0 Å². The van der Waals surface area contributed by atoms with Crippen LogP contribution in [0, 0.1) is 27.7 Å². The SMILES string of the molecule is Cc1ccc(O)c(-c2c(C)cccc2NCCNc2ccc(C)cc2-c2c(C)cccc2O)c1. The highest BCUT2D eigenvalue weighted by molar-refractivity contribution is 5.85. The van der Waals surface area contributed by atoms with E-state index in [1.54, 1.807) is 12.1 Å². The molecular weight excluding hydrogens is 420 g/mol. The third-order valence-electron chi connectivity index (χ3n) is 6.15. The topological polar surface area (TPSA) is 64.5 Å². The summed E-state index contributed by atoms with van der Waals surface area (Å²) >= 11 is 0. The van der Waals surface area contributed by atoms with Gasteiger partial charge in [0.05, 0.1) is 0 Å². The molecule has 0 saturated heterocycles. The van der Waals surface area contributed by atoms with Crippen molar-refractivity contribution in [2.45, 2.75) is 27.7 Å². The molecule has 4 aromatic rings. The average molecular weight is 453 g/mol. The van der Waals surface area contributed by atoms with Gasteiger partial charge in [0.2, 0.25) is 0 Å². The van der Waals surface area contributed by atoms with Crippen molar-refractivity contribution in [2.24, 2.45) is 0 Å². The van der Waals surface area contributed by atoms with Crippen LogP contribution in [0.15, 0.2) is 72.8 Å². The fourth-order valence-corrected chi connectivity index (χ4v) is 4.44. The molecule has 4 nitrogen and oxygen atoms in total. The first kappa shape index (κ1) is 23.2. The monoisotopic (exact) mass is 452 g/mol. The molecule has 0 aliphatic heterocycles. The number of rotatable bonds is 7. The van der Waals surface area contributed by atoms with Crippen LogP contribution in [0.3, 0.4) is 0 Å². The molecule has 0 aromatic heterocycles. The molecule has 174 valence electrons. The van der Waals surface area contributed by atoms with Crippen molar-refractivity contribution >= 4 is 11.4 Å². The van der Waals surface area contributed by atoms with E-state index in [2.05, 4.69) is 48.7 Å². The van der Waals surface area contributed by atoms with Gasteiger partial charge in [0.1, 0.15) is 11.5 Å². The Labute approximate surface area is 201 Å². The van der Waals surface area contributed by atoms with Gasteiger partial charge < -0.3 is 20.8 Å². The zero-order chi connectivity index (χ0) is 24.2. The molecule has 0 bridgehead atoms. The van der Waals surface area contributed by atoms with Crippen molar-refractivity contribution in [2.75, 3.05) is 23.7 Å². The van der Waals surface area contributed by atoms with Gasteiger partial charge in [-0.1, -0.05) is 47.5 Å². The van der Waals surface area contributed by atoms with E-state index < -0.39 is 0 Å². The van der Waals surface area contributed by atoms with E-state index in [9.17, 15) is 10.2 Å². The van der Waals surface area contributed by atoms with Gasteiger partial charge in [-0.05, 0) is 75.2 Å². The summed E-state index contributed by atoms with van der Waals surface area (Å²) < 4.78 is 0. The summed E-state index contributed by atoms with van der Waals surface area (Å²) in [4.78, 5) is 0. The van der Waals surface area contributed by atoms with E-state index >= 15 is 0 Å². The summed E-state index contributed by atoms with van der Waals surface area (Å²) in [6, 6.07) is 23.7. The van der Waals surface area contributed by atoms with Gasteiger partial charge in [-0.25, -0.2) is 0 Å². The number of benzene rings is 4. The Hall–Kier alpha value is -3.92. The summed E-state index contributed by atoms with van der Waals surface area (Å²) in [7, 11) is 0. The molecule has 0 heterocycles. The molecule has 0 unspecified atom stereocenters.